The lowest BCUT2D eigenvalue weighted by atomic mass is 10.2. The van der Waals surface area contributed by atoms with Gasteiger partial charge in [-0.25, -0.2) is 10.6 Å². The summed E-state index contributed by atoms with van der Waals surface area (Å²) in [5.74, 6) is 5.80. The fourth-order valence-corrected chi connectivity index (χ4v) is 2.54. The third-order valence-corrected chi connectivity index (χ3v) is 3.92. The second-order valence-corrected chi connectivity index (χ2v) is 5.70. The van der Waals surface area contributed by atoms with Gasteiger partial charge in [0.25, 0.3) is 5.56 Å². The molecule has 9 heteroatoms. The molecule has 0 amide bonds. The summed E-state index contributed by atoms with van der Waals surface area (Å²) in [5.41, 5.74) is 2.98. The van der Waals surface area contributed by atoms with E-state index in [0.717, 1.165) is 10.0 Å². The Labute approximate surface area is 132 Å². The van der Waals surface area contributed by atoms with Crippen LogP contribution in [0.15, 0.2) is 38.3 Å². The Morgan fingerprint density at radius 1 is 1.32 bits per heavy atom. The predicted molar refractivity (Wildman–Crippen MR) is 86.6 cm³/mol. The number of hydrogen-bond donors (Lipinski definition) is 3. The molecule has 3 aromatic rings. The summed E-state index contributed by atoms with van der Waals surface area (Å²) in [5, 5.41) is 0. The SMILES string of the molecule is Cn1c(=O)[nH]c(=O)c2c1nc(NN)n2Cc1ccc(Br)cc1. The first-order chi connectivity index (χ1) is 10.5. The maximum absolute atomic E-state index is 12.1. The first-order valence-electron chi connectivity index (χ1n) is 6.42. The Hall–Kier alpha value is -2.39. The minimum absolute atomic E-state index is 0.277. The summed E-state index contributed by atoms with van der Waals surface area (Å²) in [6, 6.07) is 7.66. The Morgan fingerprint density at radius 2 is 2.00 bits per heavy atom. The molecule has 0 saturated carbocycles. The molecule has 0 aliphatic carbocycles. The molecule has 0 unspecified atom stereocenters. The van der Waals surface area contributed by atoms with Crippen LogP contribution < -0.4 is 22.5 Å². The number of nitrogens with zero attached hydrogens (tertiary/aromatic N) is 3. The summed E-state index contributed by atoms with van der Waals surface area (Å²) in [6.07, 6.45) is 0. The van der Waals surface area contributed by atoms with Crippen molar-refractivity contribution in [1.29, 1.82) is 0 Å². The Balaban J connectivity index is 2.24. The Morgan fingerprint density at radius 3 is 2.64 bits per heavy atom. The van der Waals surface area contributed by atoms with Gasteiger partial charge in [-0.1, -0.05) is 28.1 Å². The van der Waals surface area contributed by atoms with Crippen molar-refractivity contribution in [3.8, 4) is 0 Å². The molecule has 2 heterocycles. The number of aryl methyl sites for hydroxylation is 1. The number of hydrogen-bond acceptors (Lipinski definition) is 5. The van der Waals surface area contributed by atoms with Crippen LogP contribution in [-0.2, 0) is 13.6 Å². The highest BCUT2D eigenvalue weighted by molar-refractivity contribution is 9.10. The van der Waals surface area contributed by atoms with Crippen LogP contribution in [-0.4, -0.2) is 19.1 Å². The van der Waals surface area contributed by atoms with E-state index in [-0.39, 0.29) is 11.2 Å². The van der Waals surface area contributed by atoms with Crippen molar-refractivity contribution in [3.63, 3.8) is 0 Å². The molecule has 0 aliphatic heterocycles. The van der Waals surface area contributed by atoms with E-state index in [0.29, 0.717) is 12.5 Å². The number of halogens is 1. The number of nitrogens with one attached hydrogen (secondary N) is 2. The van der Waals surface area contributed by atoms with Gasteiger partial charge in [0.2, 0.25) is 5.95 Å². The van der Waals surface area contributed by atoms with Crippen molar-refractivity contribution in [1.82, 2.24) is 19.1 Å². The zero-order valence-electron chi connectivity index (χ0n) is 11.6. The average molecular weight is 365 g/mol. The zero-order valence-corrected chi connectivity index (χ0v) is 13.2. The van der Waals surface area contributed by atoms with Crippen LogP contribution in [0.3, 0.4) is 0 Å². The van der Waals surface area contributed by atoms with E-state index in [1.165, 1.54) is 11.6 Å². The molecule has 0 bridgehead atoms. The van der Waals surface area contributed by atoms with Crippen molar-refractivity contribution < 1.29 is 0 Å². The van der Waals surface area contributed by atoms with Crippen LogP contribution in [0.5, 0.6) is 0 Å². The highest BCUT2D eigenvalue weighted by atomic mass is 79.9. The van der Waals surface area contributed by atoms with Crippen LogP contribution in [0, 0.1) is 0 Å². The van der Waals surface area contributed by atoms with Gasteiger partial charge < -0.3 is 0 Å². The van der Waals surface area contributed by atoms with Gasteiger partial charge >= 0.3 is 5.69 Å². The smallest absolute Gasteiger partial charge is 0.299 e. The molecule has 4 N–H and O–H groups in total. The van der Waals surface area contributed by atoms with Crippen molar-refractivity contribution in [2.24, 2.45) is 12.9 Å². The molecule has 2 aromatic heterocycles. The molecule has 0 aliphatic rings. The minimum Gasteiger partial charge on any atom is -0.299 e. The number of imidazole rings is 1. The Kier molecular flexibility index (Phi) is 3.59. The van der Waals surface area contributed by atoms with Gasteiger partial charge in [0, 0.05) is 11.5 Å². The van der Waals surface area contributed by atoms with E-state index in [9.17, 15) is 9.59 Å². The second-order valence-electron chi connectivity index (χ2n) is 4.78. The van der Waals surface area contributed by atoms with Gasteiger partial charge in [-0.3, -0.25) is 24.3 Å². The van der Waals surface area contributed by atoms with E-state index in [4.69, 9.17) is 5.84 Å². The molecule has 0 atom stereocenters. The molecular formula is C13H13BrN6O2. The van der Waals surface area contributed by atoms with E-state index in [2.05, 4.69) is 31.3 Å². The van der Waals surface area contributed by atoms with Gasteiger partial charge in [-0.2, -0.15) is 4.98 Å². The van der Waals surface area contributed by atoms with Gasteiger partial charge in [0.1, 0.15) is 0 Å². The first kappa shape index (κ1) is 14.5. The second kappa shape index (κ2) is 5.43. The van der Waals surface area contributed by atoms with Crippen LogP contribution >= 0.6 is 15.9 Å². The fourth-order valence-electron chi connectivity index (χ4n) is 2.27. The summed E-state index contributed by atoms with van der Waals surface area (Å²) in [4.78, 5) is 30.3. The van der Waals surface area contributed by atoms with E-state index < -0.39 is 11.2 Å². The minimum atomic E-state index is -0.519. The fraction of sp³-hybridized carbons (Fsp3) is 0.154. The highest BCUT2D eigenvalue weighted by Gasteiger charge is 2.16. The molecule has 3 rings (SSSR count). The monoisotopic (exact) mass is 364 g/mol. The molecular weight excluding hydrogens is 352 g/mol. The van der Waals surface area contributed by atoms with E-state index in [1.54, 1.807) is 4.57 Å². The summed E-state index contributed by atoms with van der Waals surface area (Å²) in [7, 11) is 1.54. The average Bonchev–Trinajstić information content (AvgIpc) is 2.86. The first-order valence-corrected chi connectivity index (χ1v) is 7.21. The number of hydrazine groups is 1. The molecule has 1 aromatic carbocycles. The molecule has 0 saturated heterocycles. The largest absolute Gasteiger partial charge is 0.329 e. The van der Waals surface area contributed by atoms with Gasteiger partial charge in [-0.15, -0.1) is 0 Å². The van der Waals surface area contributed by atoms with Crippen molar-refractivity contribution >= 4 is 33.0 Å². The van der Waals surface area contributed by atoms with Crippen LogP contribution in [0.2, 0.25) is 0 Å². The number of fused-ring (bicyclic) bond motifs is 1. The van der Waals surface area contributed by atoms with Crippen LogP contribution in [0.25, 0.3) is 11.2 Å². The topological polar surface area (TPSA) is 111 Å². The number of aromatic nitrogens is 4. The lowest BCUT2D eigenvalue weighted by molar-refractivity contribution is 0.808. The number of benzene rings is 1. The predicted octanol–water partition coefficient (Wildman–Crippen LogP) is 0.520. The Bertz CT molecular complexity index is 954. The summed E-state index contributed by atoms with van der Waals surface area (Å²) in [6.45, 7) is 0.393. The molecule has 22 heavy (non-hydrogen) atoms. The number of aromatic amines is 1. The normalized spacial score (nSPS) is 11.0. The lowest BCUT2D eigenvalue weighted by Crippen LogP contribution is -2.29. The van der Waals surface area contributed by atoms with Crippen molar-refractivity contribution in [3.05, 3.63) is 55.1 Å². The molecule has 0 spiro atoms. The van der Waals surface area contributed by atoms with Crippen molar-refractivity contribution in [2.45, 2.75) is 6.54 Å². The number of anilines is 1. The van der Waals surface area contributed by atoms with E-state index in [1.807, 2.05) is 24.3 Å². The standard InChI is InChI=1S/C13H13BrN6O2/c1-19-10-9(11(21)17-13(19)22)20(12(16-10)18-15)6-7-2-4-8(14)5-3-7/h2-5H,6,15H2,1H3,(H,16,18)(H,17,21,22). The molecule has 8 nitrogen and oxygen atoms in total. The maximum Gasteiger partial charge on any atom is 0.329 e. The quantitative estimate of drug-likeness (QED) is 0.463. The molecule has 114 valence electrons. The third kappa shape index (κ3) is 2.34. The lowest BCUT2D eigenvalue weighted by Gasteiger charge is -2.08. The van der Waals surface area contributed by atoms with Gasteiger partial charge in [0.05, 0.1) is 6.54 Å². The molecule has 0 fully saturated rings. The maximum atomic E-state index is 12.1. The zero-order chi connectivity index (χ0) is 15.9. The number of H-pyrrole nitrogens is 1. The highest BCUT2D eigenvalue weighted by Crippen LogP contribution is 2.18. The van der Waals surface area contributed by atoms with E-state index >= 15 is 0 Å². The molecule has 0 radical (unpaired) electrons. The van der Waals surface area contributed by atoms with Crippen LogP contribution in [0.1, 0.15) is 5.56 Å². The van der Waals surface area contributed by atoms with Gasteiger partial charge in [-0.05, 0) is 17.7 Å². The summed E-state index contributed by atoms with van der Waals surface area (Å²) >= 11 is 3.38. The van der Waals surface area contributed by atoms with Crippen LogP contribution in [0.4, 0.5) is 5.95 Å². The number of rotatable bonds is 3. The third-order valence-electron chi connectivity index (χ3n) is 3.39. The number of nitrogens with two attached hydrogens (primary N) is 1. The number of nitrogen functional groups attached to an aromatic ring is 1. The van der Waals surface area contributed by atoms with Gasteiger partial charge in [0.15, 0.2) is 11.2 Å². The van der Waals surface area contributed by atoms with Crippen molar-refractivity contribution in [2.75, 3.05) is 5.43 Å². The summed E-state index contributed by atoms with van der Waals surface area (Å²) < 4.78 is 3.87.